The van der Waals surface area contributed by atoms with Gasteiger partial charge in [0.15, 0.2) is 0 Å². The molecule has 0 spiro atoms. The van der Waals surface area contributed by atoms with Gasteiger partial charge in [0, 0.05) is 8.95 Å². The summed E-state index contributed by atoms with van der Waals surface area (Å²) in [7, 11) is 1.66. The van der Waals surface area contributed by atoms with Gasteiger partial charge in [-0.25, -0.2) is 0 Å². The van der Waals surface area contributed by atoms with Crippen molar-refractivity contribution in [1.29, 1.82) is 0 Å². The lowest BCUT2D eigenvalue weighted by Gasteiger charge is -2.08. The molecule has 2 aromatic carbocycles. The standard InChI is InChI=1S/C14H12Br2O2/c1-17-13-4-2-10(3-5-13)9-18-14-7-11(15)6-12(16)8-14/h2-8H,9H2,1H3. The molecule has 2 rings (SSSR count). The van der Waals surface area contributed by atoms with Gasteiger partial charge in [0.1, 0.15) is 18.1 Å². The topological polar surface area (TPSA) is 18.5 Å². The summed E-state index contributed by atoms with van der Waals surface area (Å²) in [6, 6.07) is 13.7. The van der Waals surface area contributed by atoms with Gasteiger partial charge < -0.3 is 9.47 Å². The Morgan fingerprint density at radius 3 is 2.06 bits per heavy atom. The summed E-state index contributed by atoms with van der Waals surface area (Å²) in [6.45, 7) is 0.535. The zero-order valence-corrected chi connectivity index (χ0v) is 13.0. The molecule has 0 N–H and O–H groups in total. The van der Waals surface area contributed by atoms with Gasteiger partial charge in [-0.15, -0.1) is 0 Å². The van der Waals surface area contributed by atoms with E-state index in [4.69, 9.17) is 9.47 Å². The minimum Gasteiger partial charge on any atom is -0.497 e. The molecular weight excluding hydrogens is 360 g/mol. The molecule has 0 aromatic heterocycles. The predicted molar refractivity (Wildman–Crippen MR) is 79.2 cm³/mol. The van der Waals surface area contributed by atoms with E-state index >= 15 is 0 Å². The van der Waals surface area contributed by atoms with Crippen molar-refractivity contribution in [2.45, 2.75) is 6.61 Å². The molecule has 0 atom stereocenters. The van der Waals surface area contributed by atoms with E-state index in [9.17, 15) is 0 Å². The number of rotatable bonds is 4. The molecular formula is C14H12Br2O2. The molecule has 0 saturated heterocycles. The summed E-state index contributed by atoms with van der Waals surface area (Å²) < 4.78 is 12.8. The second-order valence-corrected chi connectivity index (χ2v) is 5.57. The molecule has 0 aliphatic rings. The number of methoxy groups -OCH3 is 1. The van der Waals surface area contributed by atoms with Gasteiger partial charge in [-0.05, 0) is 35.9 Å². The van der Waals surface area contributed by atoms with E-state index in [0.29, 0.717) is 6.61 Å². The van der Waals surface area contributed by atoms with Crippen molar-refractivity contribution < 1.29 is 9.47 Å². The second kappa shape index (κ2) is 6.25. The van der Waals surface area contributed by atoms with Gasteiger partial charge in [0.05, 0.1) is 7.11 Å². The summed E-state index contributed by atoms with van der Waals surface area (Å²) in [5, 5.41) is 0. The van der Waals surface area contributed by atoms with Gasteiger partial charge >= 0.3 is 0 Å². The average Bonchev–Trinajstić information content (AvgIpc) is 2.36. The van der Waals surface area contributed by atoms with Crippen LogP contribution in [0.2, 0.25) is 0 Å². The van der Waals surface area contributed by atoms with E-state index in [1.165, 1.54) is 0 Å². The average molecular weight is 372 g/mol. The van der Waals surface area contributed by atoms with Crippen molar-refractivity contribution >= 4 is 31.9 Å². The Bertz CT molecular complexity index is 504. The number of hydrogen-bond acceptors (Lipinski definition) is 2. The highest BCUT2D eigenvalue weighted by Gasteiger charge is 2.00. The van der Waals surface area contributed by atoms with Crippen LogP contribution in [0.15, 0.2) is 51.4 Å². The van der Waals surface area contributed by atoms with E-state index in [1.54, 1.807) is 7.11 Å². The van der Waals surface area contributed by atoms with Crippen molar-refractivity contribution in [3.05, 3.63) is 57.0 Å². The Balaban J connectivity index is 2.01. The Morgan fingerprint density at radius 1 is 0.889 bits per heavy atom. The molecule has 2 nitrogen and oxygen atoms in total. The van der Waals surface area contributed by atoms with Crippen LogP contribution in [-0.2, 0) is 6.61 Å². The summed E-state index contributed by atoms with van der Waals surface area (Å²) in [4.78, 5) is 0. The minimum atomic E-state index is 0.535. The van der Waals surface area contributed by atoms with Gasteiger partial charge in [0.2, 0.25) is 0 Å². The molecule has 18 heavy (non-hydrogen) atoms. The Kier molecular flexibility index (Phi) is 4.66. The van der Waals surface area contributed by atoms with E-state index in [2.05, 4.69) is 31.9 Å². The Morgan fingerprint density at radius 2 is 1.50 bits per heavy atom. The monoisotopic (exact) mass is 370 g/mol. The van der Waals surface area contributed by atoms with Crippen LogP contribution < -0.4 is 9.47 Å². The molecule has 0 radical (unpaired) electrons. The predicted octanol–water partition coefficient (Wildman–Crippen LogP) is 4.80. The normalized spacial score (nSPS) is 10.2. The van der Waals surface area contributed by atoms with Crippen LogP contribution in [0, 0.1) is 0 Å². The Labute approximate surface area is 123 Å². The van der Waals surface area contributed by atoms with Gasteiger partial charge in [0.25, 0.3) is 0 Å². The van der Waals surface area contributed by atoms with Crippen LogP contribution in [0.4, 0.5) is 0 Å². The van der Waals surface area contributed by atoms with Gasteiger partial charge in [-0.2, -0.15) is 0 Å². The fourth-order valence-corrected chi connectivity index (χ4v) is 2.75. The van der Waals surface area contributed by atoms with E-state index in [-0.39, 0.29) is 0 Å². The third-order valence-corrected chi connectivity index (χ3v) is 3.32. The van der Waals surface area contributed by atoms with Crippen molar-refractivity contribution in [3.63, 3.8) is 0 Å². The van der Waals surface area contributed by atoms with Crippen LogP contribution in [0.3, 0.4) is 0 Å². The summed E-state index contributed by atoms with van der Waals surface area (Å²) in [5.41, 5.74) is 1.10. The summed E-state index contributed by atoms with van der Waals surface area (Å²) in [6.07, 6.45) is 0. The molecule has 0 heterocycles. The maximum absolute atomic E-state index is 5.73. The SMILES string of the molecule is COc1ccc(COc2cc(Br)cc(Br)c2)cc1. The molecule has 0 amide bonds. The zero-order chi connectivity index (χ0) is 13.0. The second-order valence-electron chi connectivity index (χ2n) is 3.74. The van der Waals surface area contributed by atoms with Crippen LogP contribution >= 0.6 is 31.9 Å². The van der Waals surface area contributed by atoms with Crippen molar-refractivity contribution in [2.75, 3.05) is 7.11 Å². The first-order chi connectivity index (χ1) is 8.67. The van der Waals surface area contributed by atoms with Crippen LogP contribution in [0.25, 0.3) is 0 Å². The first kappa shape index (κ1) is 13.4. The number of benzene rings is 2. The molecule has 0 fully saturated rings. The molecule has 0 saturated carbocycles. The van der Waals surface area contributed by atoms with E-state index in [1.807, 2.05) is 42.5 Å². The highest BCUT2D eigenvalue weighted by atomic mass is 79.9. The highest BCUT2D eigenvalue weighted by molar-refractivity contribution is 9.11. The molecule has 0 aliphatic heterocycles. The smallest absolute Gasteiger partial charge is 0.122 e. The molecule has 2 aromatic rings. The first-order valence-corrected chi connectivity index (χ1v) is 6.98. The Hall–Kier alpha value is -1.00. The maximum atomic E-state index is 5.73. The first-order valence-electron chi connectivity index (χ1n) is 5.39. The molecule has 4 heteroatoms. The highest BCUT2D eigenvalue weighted by Crippen LogP contribution is 2.25. The third-order valence-electron chi connectivity index (χ3n) is 2.40. The fraction of sp³-hybridized carbons (Fsp3) is 0.143. The van der Waals surface area contributed by atoms with Crippen LogP contribution in [0.5, 0.6) is 11.5 Å². The van der Waals surface area contributed by atoms with E-state index < -0.39 is 0 Å². The number of hydrogen-bond donors (Lipinski definition) is 0. The van der Waals surface area contributed by atoms with E-state index in [0.717, 1.165) is 26.0 Å². The zero-order valence-electron chi connectivity index (χ0n) is 9.82. The van der Waals surface area contributed by atoms with Crippen LogP contribution in [0.1, 0.15) is 5.56 Å². The van der Waals surface area contributed by atoms with Crippen LogP contribution in [-0.4, -0.2) is 7.11 Å². The van der Waals surface area contributed by atoms with Crippen molar-refractivity contribution in [2.24, 2.45) is 0 Å². The van der Waals surface area contributed by atoms with Crippen molar-refractivity contribution in [3.8, 4) is 11.5 Å². The molecule has 0 aliphatic carbocycles. The quantitative estimate of drug-likeness (QED) is 0.768. The number of halogens is 2. The van der Waals surface area contributed by atoms with Gasteiger partial charge in [-0.1, -0.05) is 44.0 Å². The molecule has 0 unspecified atom stereocenters. The summed E-state index contributed by atoms with van der Waals surface area (Å²) >= 11 is 6.86. The van der Waals surface area contributed by atoms with Gasteiger partial charge in [-0.3, -0.25) is 0 Å². The maximum Gasteiger partial charge on any atom is 0.122 e. The summed E-state index contributed by atoms with van der Waals surface area (Å²) in [5.74, 6) is 1.68. The lowest BCUT2D eigenvalue weighted by Crippen LogP contribution is -1.95. The molecule has 0 bridgehead atoms. The number of ether oxygens (including phenoxy) is 2. The lowest BCUT2D eigenvalue weighted by atomic mass is 10.2. The van der Waals surface area contributed by atoms with Crippen molar-refractivity contribution in [1.82, 2.24) is 0 Å². The fourth-order valence-electron chi connectivity index (χ4n) is 1.50. The third kappa shape index (κ3) is 3.75. The largest absolute Gasteiger partial charge is 0.497 e. The minimum absolute atomic E-state index is 0.535. The molecule has 94 valence electrons. The lowest BCUT2D eigenvalue weighted by molar-refractivity contribution is 0.305.